The van der Waals surface area contributed by atoms with E-state index < -0.39 is 5.60 Å². The van der Waals surface area contributed by atoms with Crippen LogP contribution in [0.15, 0.2) is 11.6 Å². The summed E-state index contributed by atoms with van der Waals surface area (Å²) in [5, 5.41) is 3.22. The van der Waals surface area contributed by atoms with Crippen LogP contribution in [0.3, 0.4) is 0 Å². The molecule has 1 N–H and O–H groups in total. The second-order valence-electron chi connectivity index (χ2n) is 5.95. The largest absolute Gasteiger partial charge is 0.444 e. The Labute approximate surface area is 110 Å². The molecule has 1 rings (SSSR count). The summed E-state index contributed by atoms with van der Waals surface area (Å²) in [6, 6.07) is 0.440. The van der Waals surface area contributed by atoms with Gasteiger partial charge in [-0.2, -0.15) is 0 Å². The summed E-state index contributed by atoms with van der Waals surface area (Å²) in [5.41, 5.74) is 0.894. The Hall–Kier alpha value is -1.03. The molecule has 104 valence electrons. The van der Waals surface area contributed by atoms with Crippen molar-refractivity contribution in [2.45, 2.75) is 52.2 Å². The summed E-state index contributed by atoms with van der Waals surface area (Å²) >= 11 is 0. The molecule has 0 aromatic heterocycles. The number of hydrogen-bond acceptors (Lipinski definition) is 3. The van der Waals surface area contributed by atoms with E-state index >= 15 is 0 Å². The zero-order valence-electron chi connectivity index (χ0n) is 12.2. The third kappa shape index (κ3) is 5.08. The predicted octanol–water partition coefficient (Wildman–Crippen LogP) is 2.55. The SMILES string of the molecule is CNC(C)CC1=CCCN(C(=O)OC(C)(C)C)C1. The molecule has 0 aromatic carbocycles. The third-order valence-electron chi connectivity index (χ3n) is 2.94. The molecule has 4 nitrogen and oxygen atoms in total. The maximum Gasteiger partial charge on any atom is 0.410 e. The standard InChI is InChI=1S/C14H26N2O2/c1-11(15-5)9-12-7-6-8-16(10-12)13(17)18-14(2,3)4/h7,11,15H,6,8-10H2,1-5H3. The molecule has 0 bridgehead atoms. The summed E-state index contributed by atoms with van der Waals surface area (Å²) < 4.78 is 5.40. The molecule has 1 unspecified atom stereocenters. The molecule has 0 saturated heterocycles. The topological polar surface area (TPSA) is 41.6 Å². The summed E-state index contributed by atoms with van der Waals surface area (Å²) in [6.45, 7) is 9.29. The van der Waals surface area contributed by atoms with Crippen molar-refractivity contribution in [3.05, 3.63) is 11.6 Å². The van der Waals surface area contributed by atoms with Gasteiger partial charge >= 0.3 is 6.09 Å². The molecule has 1 heterocycles. The van der Waals surface area contributed by atoms with Gasteiger partial charge in [-0.25, -0.2) is 4.79 Å². The van der Waals surface area contributed by atoms with E-state index in [4.69, 9.17) is 4.74 Å². The van der Waals surface area contributed by atoms with Crippen molar-refractivity contribution in [2.75, 3.05) is 20.1 Å². The van der Waals surface area contributed by atoms with E-state index in [2.05, 4.69) is 18.3 Å². The van der Waals surface area contributed by atoms with Gasteiger partial charge in [0.1, 0.15) is 5.60 Å². The first-order valence-corrected chi connectivity index (χ1v) is 6.65. The first kappa shape index (κ1) is 15.0. The summed E-state index contributed by atoms with van der Waals surface area (Å²) in [6.07, 6.45) is 3.94. The maximum atomic E-state index is 12.0. The Morgan fingerprint density at radius 2 is 2.22 bits per heavy atom. The Bertz CT molecular complexity index is 318. The van der Waals surface area contributed by atoms with Crippen molar-refractivity contribution in [3.63, 3.8) is 0 Å². The van der Waals surface area contributed by atoms with E-state index in [1.54, 1.807) is 4.90 Å². The Morgan fingerprint density at radius 3 is 2.78 bits per heavy atom. The zero-order chi connectivity index (χ0) is 13.8. The highest BCUT2D eigenvalue weighted by Gasteiger charge is 2.24. The smallest absolute Gasteiger partial charge is 0.410 e. The van der Waals surface area contributed by atoms with Gasteiger partial charge in [-0.1, -0.05) is 11.6 Å². The first-order chi connectivity index (χ1) is 8.31. The molecule has 1 amide bonds. The van der Waals surface area contributed by atoms with Crippen LogP contribution in [0.25, 0.3) is 0 Å². The quantitative estimate of drug-likeness (QED) is 0.787. The van der Waals surface area contributed by atoms with Crippen LogP contribution >= 0.6 is 0 Å². The van der Waals surface area contributed by atoms with Crippen molar-refractivity contribution in [3.8, 4) is 0 Å². The molecular formula is C14H26N2O2. The fourth-order valence-electron chi connectivity index (χ4n) is 1.94. The summed E-state index contributed by atoms with van der Waals surface area (Å²) in [4.78, 5) is 13.8. The average Bonchev–Trinajstić information content (AvgIpc) is 2.27. The summed E-state index contributed by atoms with van der Waals surface area (Å²) in [5.74, 6) is 0. The Kier molecular flexibility index (Phi) is 5.20. The van der Waals surface area contributed by atoms with Crippen molar-refractivity contribution >= 4 is 6.09 Å². The lowest BCUT2D eigenvalue weighted by molar-refractivity contribution is 0.0260. The number of nitrogens with one attached hydrogen (secondary N) is 1. The van der Waals surface area contributed by atoms with Gasteiger partial charge < -0.3 is 15.0 Å². The van der Waals surface area contributed by atoms with Crippen LogP contribution in [0.4, 0.5) is 4.79 Å². The normalized spacial score (nSPS) is 18.3. The van der Waals surface area contributed by atoms with Crippen LogP contribution in [0.5, 0.6) is 0 Å². The highest BCUT2D eigenvalue weighted by Crippen LogP contribution is 2.17. The van der Waals surface area contributed by atoms with E-state index in [1.807, 2.05) is 27.8 Å². The highest BCUT2D eigenvalue weighted by atomic mass is 16.6. The van der Waals surface area contributed by atoms with Crippen molar-refractivity contribution in [1.29, 1.82) is 0 Å². The average molecular weight is 254 g/mol. The molecule has 1 atom stereocenters. The van der Waals surface area contributed by atoms with Crippen LogP contribution < -0.4 is 5.32 Å². The van der Waals surface area contributed by atoms with Gasteiger partial charge in [0.05, 0.1) is 0 Å². The minimum absolute atomic E-state index is 0.204. The number of hydrogen-bond donors (Lipinski definition) is 1. The third-order valence-corrected chi connectivity index (χ3v) is 2.94. The lowest BCUT2D eigenvalue weighted by Gasteiger charge is -2.31. The summed E-state index contributed by atoms with van der Waals surface area (Å²) in [7, 11) is 1.96. The lowest BCUT2D eigenvalue weighted by Crippen LogP contribution is -2.40. The van der Waals surface area contributed by atoms with E-state index in [9.17, 15) is 4.79 Å². The number of nitrogens with zero attached hydrogens (tertiary/aromatic N) is 1. The molecule has 0 aromatic rings. The van der Waals surface area contributed by atoms with Crippen LogP contribution in [-0.4, -0.2) is 42.8 Å². The Balaban J connectivity index is 2.51. The van der Waals surface area contributed by atoms with Gasteiger partial charge in [0.2, 0.25) is 0 Å². The van der Waals surface area contributed by atoms with Gasteiger partial charge in [-0.3, -0.25) is 0 Å². The fraction of sp³-hybridized carbons (Fsp3) is 0.786. The van der Waals surface area contributed by atoms with E-state index in [-0.39, 0.29) is 6.09 Å². The maximum absolute atomic E-state index is 12.0. The highest BCUT2D eigenvalue weighted by molar-refractivity contribution is 5.68. The number of carbonyl (C=O) groups is 1. The van der Waals surface area contributed by atoms with Crippen molar-refractivity contribution in [1.82, 2.24) is 10.2 Å². The van der Waals surface area contributed by atoms with Gasteiger partial charge in [-0.15, -0.1) is 0 Å². The van der Waals surface area contributed by atoms with Crippen LogP contribution in [0, 0.1) is 0 Å². The molecule has 0 aliphatic carbocycles. The molecule has 0 fully saturated rings. The lowest BCUT2D eigenvalue weighted by atomic mass is 10.0. The van der Waals surface area contributed by atoms with Gasteiger partial charge in [0, 0.05) is 19.1 Å². The van der Waals surface area contributed by atoms with Crippen LogP contribution in [-0.2, 0) is 4.74 Å². The molecule has 0 saturated carbocycles. The minimum Gasteiger partial charge on any atom is -0.444 e. The van der Waals surface area contributed by atoms with Gasteiger partial charge in [-0.05, 0) is 47.6 Å². The molecule has 0 radical (unpaired) electrons. The molecule has 1 aliphatic rings. The van der Waals surface area contributed by atoms with Gasteiger partial charge in [0.15, 0.2) is 0 Å². The number of ether oxygens (including phenoxy) is 1. The monoisotopic (exact) mass is 254 g/mol. The van der Waals surface area contributed by atoms with Crippen molar-refractivity contribution < 1.29 is 9.53 Å². The molecule has 4 heteroatoms. The zero-order valence-corrected chi connectivity index (χ0v) is 12.2. The molecular weight excluding hydrogens is 228 g/mol. The van der Waals surface area contributed by atoms with E-state index in [0.717, 1.165) is 19.4 Å². The van der Waals surface area contributed by atoms with Crippen LogP contribution in [0.1, 0.15) is 40.5 Å². The first-order valence-electron chi connectivity index (χ1n) is 6.65. The molecule has 18 heavy (non-hydrogen) atoms. The minimum atomic E-state index is -0.420. The second kappa shape index (κ2) is 6.23. The molecule has 0 spiro atoms. The molecule has 1 aliphatic heterocycles. The van der Waals surface area contributed by atoms with Crippen LogP contribution in [0.2, 0.25) is 0 Å². The van der Waals surface area contributed by atoms with Gasteiger partial charge in [0.25, 0.3) is 0 Å². The van der Waals surface area contributed by atoms with E-state index in [1.165, 1.54) is 5.57 Å². The number of carbonyl (C=O) groups excluding carboxylic acids is 1. The Morgan fingerprint density at radius 1 is 1.56 bits per heavy atom. The number of amides is 1. The second-order valence-corrected chi connectivity index (χ2v) is 5.95. The predicted molar refractivity (Wildman–Crippen MR) is 73.6 cm³/mol. The van der Waals surface area contributed by atoms with E-state index in [0.29, 0.717) is 12.6 Å². The fourth-order valence-corrected chi connectivity index (χ4v) is 1.94. The van der Waals surface area contributed by atoms with Crippen molar-refractivity contribution in [2.24, 2.45) is 0 Å². The number of rotatable bonds is 3.